The fourth-order valence-corrected chi connectivity index (χ4v) is 3.67. The summed E-state index contributed by atoms with van der Waals surface area (Å²) in [5.41, 5.74) is 5.83. The minimum absolute atomic E-state index is 0.00271. The van der Waals surface area contributed by atoms with Gasteiger partial charge >= 0.3 is 6.03 Å². The lowest BCUT2D eigenvalue weighted by atomic mass is 9.84. The minimum Gasteiger partial charge on any atom is -0.335 e. The zero-order chi connectivity index (χ0) is 14.3. The molecule has 20 heavy (non-hydrogen) atoms. The molecule has 0 atom stereocenters. The molecular weight excluding hydrogens is 250 g/mol. The van der Waals surface area contributed by atoms with Gasteiger partial charge in [0, 0.05) is 12.6 Å². The van der Waals surface area contributed by atoms with Crippen molar-refractivity contribution in [2.75, 3.05) is 6.54 Å². The molecule has 0 aromatic rings. The molecule has 0 saturated heterocycles. The van der Waals surface area contributed by atoms with Gasteiger partial charge in [-0.25, -0.2) is 4.79 Å². The van der Waals surface area contributed by atoms with Gasteiger partial charge in [-0.15, -0.1) is 0 Å². The molecule has 0 aromatic carbocycles. The fourth-order valence-electron chi connectivity index (χ4n) is 3.67. The summed E-state index contributed by atoms with van der Waals surface area (Å²) in [4.78, 5) is 12.3. The van der Waals surface area contributed by atoms with Crippen molar-refractivity contribution in [2.24, 2.45) is 5.73 Å². The van der Waals surface area contributed by atoms with E-state index in [1.807, 2.05) is 0 Å². The van der Waals surface area contributed by atoms with E-state index in [9.17, 15) is 4.79 Å². The van der Waals surface area contributed by atoms with Crippen molar-refractivity contribution in [3.63, 3.8) is 0 Å². The van der Waals surface area contributed by atoms with Crippen LogP contribution in [0, 0.1) is 0 Å². The van der Waals surface area contributed by atoms with Crippen LogP contribution < -0.4 is 16.4 Å². The summed E-state index contributed by atoms with van der Waals surface area (Å²) < 4.78 is 0. The van der Waals surface area contributed by atoms with E-state index in [0.717, 1.165) is 25.7 Å². The van der Waals surface area contributed by atoms with Crippen molar-refractivity contribution >= 4 is 6.03 Å². The molecule has 4 nitrogen and oxygen atoms in total. The molecule has 116 valence electrons. The monoisotopic (exact) mass is 281 g/mol. The van der Waals surface area contributed by atoms with Crippen LogP contribution in [0.25, 0.3) is 0 Å². The first-order valence-electron chi connectivity index (χ1n) is 8.53. The van der Waals surface area contributed by atoms with E-state index in [1.54, 1.807) is 0 Å². The van der Waals surface area contributed by atoms with E-state index in [1.165, 1.54) is 51.4 Å². The van der Waals surface area contributed by atoms with Gasteiger partial charge in [-0.3, -0.25) is 0 Å². The third kappa shape index (κ3) is 4.65. The molecule has 0 radical (unpaired) electrons. The molecule has 0 aliphatic heterocycles. The van der Waals surface area contributed by atoms with Crippen LogP contribution >= 0.6 is 0 Å². The van der Waals surface area contributed by atoms with Crippen molar-refractivity contribution in [1.29, 1.82) is 0 Å². The SMILES string of the molecule is NCC1(NC(=O)NC2CCCCC2)CCCCCCC1. The molecule has 2 fully saturated rings. The molecule has 2 saturated carbocycles. The first-order chi connectivity index (χ1) is 9.74. The van der Waals surface area contributed by atoms with Crippen LogP contribution in [0.4, 0.5) is 4.79 Å². The van der Waals surface area contributed by atoms with E-state index in [-0.39, 0.29) is 11.6 Å². The predicted octanol–water partition coefficient (Wildman–Crippen LogP) is 3.06. The number of hydrogen-bond donors (Lipinski definition) is 3. The molecule has 4 N–H and O–H groups in total. The van der Waals surface area contributed by atoms with Gasteiger partial charge < -0.3 is 16.4 Å². The summed E-state index contributed by atoms with van der Waals surface area (Å²) in [5, 5.41) is 6.38. The van der Waals surface area contributed by atoms with Crippen LogP contribution in [0.15, 0.2) is 0 Å². The lowest BCUT2D eigenvalue weighted by Gasteiger charge is -2.36. The number of amides is 2. The Bertz CT molecular complexity index is 292. The molecule has 0 unspecified atom stereocenters. The highest BCUT2D eigenvalue weighted by Crippen LogP contribution is 2.25. The Morgan fingerprint density at radius 2 is 1.50 bits per heavy atom. The first-order valence-corrected chi connectivity index (χ1v) is 8.53. The van der Waals surface area contributed by atoms with Gasteiger partial charge in [0.1, 0.15) is 0 Å². The normalized spacial score (nSPS) is 24.4. The molecular formula is C16H31N3O. The van der Waals surface area contributed by atoms with Crippen molar-refractivity contribution in [3.8, 4) is 0 Å². The highest BCUT2D eigenvalue weighted by molar-refractivity contribution is 5.75. The molecule has 2 aliphatic carbocycles. The quantitative estimate of drug-likeness (QED) is 0.744. The minimum atomic E-state index is -0.167. The second kappa shape index (κ2) is 7.87. The summed E-state index contributed by atoms with van der Waals surface area (Å²) >= 11 is 0. The van der Waals surface area contributed by atoms with Crippen molar-refractivity contribution < 1.29 is 4.79 Å². The standard InChI is InChI=1S/C16H31N3O/c17-13-16(11-7-2-1-3-8-12-16)19-15(20)18-14-9-5-4-6-10-14/h14H,1-13,17H2,(H2,18,19,20). The molecule has 2 amide bonds. The van der Waals surface area contributed by atoms with E-state index in [2.05, 4.69) is 10.6 Å². The van der Waals surface area contributed by atoms with Crippen molar-refractivity contribution in [1.82, 2.24) is 10.6 Å². The van der Waals surface area contributed by atoms with Crippen LogP contribution in [0.1, 0.15) is 77.0 Å². The number of urea groups is 1. The number of nitrogens with one attached hydrogen (secondary N) is 2. The Morgan fingerprint density at radius 1 is 0.950 bits per heavy atom. The second-order valence-corrected chi connectivity index (χ2v) is 6.69. The summed E-state index contributed by atoms with van der Waals surface area (Å²) in [5.74, 6) is 0. The zero-order valence-electron chi connectivity index (χ0n) is 12.8. The van der Waals surface area contributed by atoms with E-state index < -0.39 is 0 Å². The topological polar surface area (TPSA) is 67.1 Å². The van der Waals surface area contributed by atoms with Crippen molar-refractivity contribution in [2.45, 2.75) is 88.6 Å². The largest absolute Gasteiger partial charge is 0.335 e. The molecule has 2 rings (SSSR count). The average Bonchev–Trinajstić information content (AvgIpc) is 2.43. The second-order valence-electron chi connectivity index (χ2n) is 6.69. The van der Waals surface area contributed by atoms with Gasteiger partial charge in [0.25, 0.3) is 0 Å². The first kappa shape index (κ1) is 15.6. The van der Waals surface area contributed by atoms with E-state index in [4.69, 9.17) is 5.73 Å². The van der Waals surface area contributed by atoms with E-state index >= 15 is 0 Å². The third-order valence-electron chi connectivity index (χ3n) is 5.02. The van der Waals surface area contributed by atoms with Crippen LogP contribution in [-0.4, -0.2) is 24.2 Å². The average molecular weight is 281 g/mol. The fraction of sp³-hybridized carbons (Fsp3) is 0.938. The highest BCUT2D eigenvalue weighted by atomic mass is 16.2. The van der Waals surface area contributed by atoms with Gasteiger partial charge in [-0.1, -0.05) is 51.4 Å². The van der Waals surface area contributed by atoms with Crippen molar-refractivity contribution in [3.05, 3.63) is 0 Å². The number of carbonyl (C=O) groups excluding carboxylic acids is 1. The maximum absolute atomic E-state index is 12.3. The van der Waals surface area contributed by atoms with E-state index in [0.29, 0.717) is 12.6 Å². The molecule has 0 bridgehead atoms. The molecule has 0 heterocycles. The Labute approximate surface area is 123 Å². The van der Waals surface area contributed by atoms with Crippen LogP contribution in [0.3, 0.4) is 0 Å². The number of nitrogens with two attached hydrogens (primary N) is 1. The maximum atomic E-state index is 12.3. The highest BCUT2D eigenvalue weighted by Gasteiger charge is 2.31. The Hall–Kier alpha value is -0.770. The lowest BCUT2D eigenvalue weighted by Crippen LogP contribution is -2.58. The van der Waals surface area contributed by atoms with Gasteiger partial charge in [-0.2, -0.15) is 0 Å². The Kier molecular flexibility index (Phi) is 6.14. The van der Waals surface area contributed by atoms with Gasteiger partial charge in [0.05, 0.1) is 5.54 Å². The predicted molar refractivity (Wildman–Crippen MR) is 82.6 cm³/mol. The lowest BCUT2D eigenvalue weighted by molar-refractivity contribution is 0.205. The van der Waals surface area contributed by atoms with Gasteiger partial charge in [0.15, 0.2) is 0 Å². The number of rotatable bonds is 3. The maximum Gasteiger partial charge on any atom is 0.315 e. The molecule has 0 spiro atoms. The molecule has 4 heteroatoms. The van der Waals surface area contributed by atoms with Crippen LogP contribution in [0.5, 0.6) is 0 Å². The van der Waals surface area contributed by atoms with Gasteiger partial charge in [0.2, 0.25) is 0 Å². The smallest absolute Gasteiger partial charge is 0.315 e. The summed E-state index contributed by atoms with van der Waals surface area (Å²) in [6.07, 6.45) is 14.3. The summed E-state index contributed by atoms with van der Waals surface area (Å²) in [7, 11) is 0. The number of hydrogen-bond acceptors (Lipinski definition) is 2. The summed E-state index contributed by atoms with van der Waals surface area (Å²) in [6, 6.07) is 0.370. The van der Waals surface area contributed by atoms with Gasteiger partial charge in [-0.05, 0) is 25.7 Å². The Morgan fingerprint density at radius 3 is 2.10 bits per heavy atom. The van der Waals surface area contributed by atoms with Crippen LogP contribution in [-0.2, 0) is 0 Å². The molecule has 0 aromatic heterocycles. The summed E-state index contributed by atoms with van der Waals surface area (Å²) in [6.45, 7) is 0.561. The number of carbonyl (C=O) groups is 1. The zero-order valence-corrected chi connectivity index (χ0v) is 12.8. The van der Waals surface area contributed by atoms with Crippen LogP contribution in [0.2, 0.25) is 0 Å². The Balaban J connectivity index is 1.84. The third-order valence-corrected chi connectivity index (χ3v) is 5.02. The molecule has 2 aliphatic rings.